The Morgan fingerprint density at radius 3 is 1.35 bits per heavy atom. The van der Waals surface area contributed by atoms with Gasteiger partial charge in [0.2, 0.25) is 0 Å². The van der Waals surface area contributed by atoms with Gasteiger partial charge in [0.05, 0.1) is 12.1 Å². The fourth-order valence-corrected chi connectivity index (χ4v) is 4.50. The van der Waals surface area contributed by atoms with Gasteiger partial charge in [-0.25, -0.2) is 0 Å². The molecule has 0 heterocycles. The van der Waals surface area contributed by atoms with Crippen molar-refractivity contribution < 1.29 is 0 Å². The molecule has 0 rings (SSSR count). The zero-order valence-electron chi connectivity index (χ0n) is 29.2. The van der Waals surface area contributed by atoms with Crippen LogP contribution < -0.4 is 9.44 Å². The molecule has 40 heavy (non-hydrogen) atoms. The maximum atomic E-state index is 3.98. The highest BCUT2D eigenvalue weighted by atomic mass is 32.2. The van der Waals surface area contributed by atoms with Crippen LogP contribution in [0.25, 0.3) is 0 Å². The average molecular weight is 583 g/mol. The lowest BCUT2D eigenvalue weighted by Gasteiger charge is -2.07. The van der Waals surface area contributed by atoms with Crippen molar-refractivity contribution in [2.45, 2.75) is 203 Å². The normalized spacial score (nSPS) is 10.0. The van der Waals surface area contributed by atoms with Crippen LogP contribution in [0.1, 0.15) is 203 Å². The van der Waals surface area contributed by atoms with Crippen LogP contribution in [0.3, 0.4) is 0 Å². The van der Waals surface area contributed by atoms with E-state index < -0.39 is 0 Å². The second-order valence-electron chi connectivity index (χ2n) is 10.6. The summed E-state index contributed by atoms with van der Waals surface area (Å²) in [5.41, 5.74) is 2.45. The summed E-state index contributed by atoms with van der Waals surface area (Å²) in [6.07, 6.45) is 35.6. The third kappa shape index (κ3) is 53.4. The molecular weight excluding hydrogens is 504 g/mol. The molecule has 0 aromatic heterocycles. The molecule has 2 N–H and O–H groups in total. The first kappa shape index (κ1) is 46.1. The van der Waals surface area contributed by atoms with Crippen LogP contribution in [0.2, 0.25) is 0 Å². The molecule has 0 unspecified atom stereocenters. The number of unbranched alkanes of at least 4 members (excludes halogenated alkanes) is 18. The van der Waals surface area contributed by atoms with E-state index in [9.17, 15) is 0 Å². The van der Waals surface area contributed by atoms with Gasteiger partial charge in [0.15, 0.2) is 0 Å². The van der Waals surface area contributed by atoms with Crippen LogP contribution in [0.15, 0.2) is 36.7 Å². The van der Waals surface area contributed by atoms with Gasteiger partial charge >= 0.3 is 0 Å². The van der Waals surface area contributed by atoms with Crippen LogP contribution in [0, 0.1) is 0 Å². The Bertz CT molecular complexity index is 473. The van der Waals surface area contributed by atoms with E-state index in [1.54, 1.807) is 0 Å². The summed E-state index contributed by atoms with van der Waals surface area (Å²) in [6, 6.07) is 0. The van der Waals surface area contributed by atoms with Gasteiger partial charge in [0, 0.05) is 11.9 Å². The number of rotatable bonds is 27. The first-order chi connectivity index (χ1) is 19.6. The van der Waals surface area contributed by atoms with E-state index in [2.05, 4.69) is 56.4 Å². The predicted molar refractivity (Wildman–Crippen MR) is 193 cm³/mol. The zero-order chi connectivity index (χ0) is 31.0. The van der Waals surface area contributed by atoms with Crippen molar-refractivity contribution in [2.24, 2.45) is 0 Å². The summed E-state index contributed by atoms with van der Waals surface area (Å²) >= 11 is 1.49. The molecule has 242 valence electrons. The maximum Gasteiger partial charge on any atom is 0.0647 e. The molecule has 0 aromatic rings. The Morgan fingerprint density at radius 2 is 0.925 bits per heavy atom. The minimum Gasteiger partial charge on any atom is -0.319 e. The molecule has 3 heteroatoms. The molecule has 0 aliphatic rings. The highest BCUT2D eigenvalue weighted by Gasteiger charge is 1.95. The summed E-state index contributed by atoms with van der Waals surface area (Å²) in [6.45, 7) is 24.8. The molecule has 0 aromatic carbocycles. The van der Waals surface area contributed by atoms with Crippen LogP contribution in [-0.2, 0) is 0 Å². The summed E-state index contributed by atoms with van der Waals surface area (Å²) in [7, 11) is 0. The van der Waals surface area contributed by atoms with Crippen molar-refractivity contribution >= 4 is 12.1 Å². The number of hydrogen-bond donors (Lipinski definition) is 2. The van der Waals surface area contributed by atoms with Crippen molar-refractivity contribution in [3.05, 3.63) is 36.7 Å². The van der Waals surface area contributed by atoms with Crippen molar-refractivity contribution in [1.29, 1.82) is 0 Å². The molecule has 0 radical (unpaired) electrons. The second kappa shape index (κ2) is 47.9. The van der Waals surface area contributed by atoms with Gasteiger partial charge in [-0.2, -0.15) is 0 Å². The molecule has 0 fully saturated rings. The Hall–Kier alpha value is -0.830. The average Bonchev–Trinajstić information content (AvgIpc) is 2.97. The van der Waals surface area contributed by atoms with Crippen molar-refractivity contribution in [3.63, 3.8) is 0 Å². The maximum absolute atomic E-state index is 3.98. The number of hydrogen-bond acceptors (Lipinski definition) is 3. The van der Waals surface area contributed by atoms with Gasteiger partial charge in [-0.1, -0.05) is 182 Å². The minimum absolute atomic E-state index is 1.07. The fraction of sp³-hybridized carbons (Fsp3) is 0.838. The topological polar surface area (TPSA) is 24.1 Å². The zero-order valence-corrected chi connectivity index (χ0v) is 30.1. The molecule has 2 nitrogen and oxygen atoms in total. The Labute approximate surface area is 260 Å². The monoisotopic (exact) mass is 583 g/mol. The van der Waals surface area contributed by atoms with E-state index in [-0.39, 0.29) is 0 Å². The standard InChI is InChI=1S/C20H40.C13H26N2S.2C2H6/c1-4-5-6-7-8-9-10-11-12-13-14-15-16-17-18-19-20(2)3;1-4-6-8-10-12-14-16-15-13(3)11-9-7-5-2;2*1-2/h2,4-19H2,1,3H3;10,12,14-15H,3-9,11H2,1-2H3;2*1-2H3/b;12-10-;;. The van der Waals surface area contributed by atoms with Crippen LogP contribution >= 0.6 is 12.1 Å². The third-order valence-corrected chi connectivity index (χ3v) is 7.10. The number of allylic oxidation sites excluding steroid dienone is 3. The molecule has 0 aliphatic carbocycles. The van der Waals surface area contributed by atoms with E-state index >= 15 is 0 Å². The first-order valence-corrected chi connectivity index (χ1v) is 18.5. The van der Waals surface area contributed by atoms with E-state index in [4.69, 9.17) is 0 Å². The van der Waals surface area contributed by atoms with Crippen molar-refractivity contribution in [2.75, 3.05) is 0 Å². The molecule has 0 bridgehead atoms. The van der Waals surface area contributed by atoms with Gasteiger partial charge in [-0.05, 0) is 39.0 Å². The molecular formula is C37H78N2S. The lowest BCUT2D eigenvalue weighted by Crippen LogP contribution is -2.08. The lowest BCUT2D eigenvalue weighted by atomic mass is 10.0. The van der Waals surface area contributed by atoms with Gasteiger partial charge < -0.3 is 9.44 Å². The van der Waals surface area contributed by atoms with E-state index in [1.807, 2.05) is 33.9 Å². The molecule has 0 aliphatic heterocycles. The summed E-state index contributed by atoms with van der Waals surface area (Å²) in [5.74, 6) is 0. The highest BCUT2D eigenvalue weighted by Crippen LogP contribution is 2.14. The summed E-state index contributed by atoms with van der Waals surface area (Å²) in [5, 5.41) is 0. The van der Waals surface area contributed by atoms with Gasteiger partial charge in [-0.15, -0.1) is 6.58 Å². The van der Waals surface area contributed by atoms with Gasteiger partial charge in [0.1, 0.15) is 0 Å². The lowest BCUT2D eigenvalue weighted by molar-refractivity contribution is 0.532. The first-order valence-electron chi connectivity index (χ1n) is 17.7. The van der Waals surface area contributed by atoms with Crippen molar-refractivity contribution in [1.82, 2.24) is 9.44 Å². The summed E-state index contributed by atoms with van der Waals surface area (Å²) < 4.78 is 6.32. The van der Waals surface area contributed by atoms with Gasteiger partial charge in [-0.3, -0.25) is 0 Å². The van der Waals surface area contributed by atoms with E-state index in [0.29, 0.717) is 0 Å². The van der Waals surface area contributed by atoms with Crippen molar-refractivity contribution in [3.8, 4) is 0 Å². The molecule has 0 amide bonds. The van der Waals surface area contributed by atoms with E-state index in [0.717, 1.165) is 18.5 Å². The third-order valence-electron chi connectivity index (χ3n) is 6.45. The SMILES string of the molecule is C=C(C)CCCCCCCCCCCCCCCCC.C=C(CCCCC)NSN/C=C\CCCC.CC.CC. The molecule has 0 spiro atoms. The predicted octanol–water partition coefficient (Wildman–Crippen LogP) is 14.4. The molecule has 0 saturated heterocycles. The smallest absolute Gasteiger partial charge is 0.0647 e. The Morgan fingerprint density at radius 1 is 0.550 bits per heavy atom. The van der Waals surface area contributed by atoms with E-state index in [1.165, 1.54) is 153 Å². The highest BCUT2D eigenvalue weighted by molar-refractivity contribution is 7.95. The minimum atomic E-state index is 1.07. The number of nitrogens with one attached hydrogen (secondary N) is 2. The van der Waals surface area contributed by atoms with Gasteiger partial charge in [0.25, 0.3) is 0 Å². The fourth-order valence-electron chi connectivity index (χ4n) is 4.03. The van der Waals surface area contributed by atoms with Crippen LogP contribution in [-0.4, -0.2) is 0 Å². The Kier molecular flexibility index (Phi) is 55.3. The molecule has 0 saturated carbocycles. The quantitative estimate of drug-likeness (QED) is 0.0572. The Balaban J connectivity index is -0.000000293. The summed E-state index contributed by atoms with van der Waals surface area (Å²) in [4.78, 5) is 0. The van der Waals surface area contributed by atoms with Crippen LogP contribution in [0.5, 0.6) is 0 Å². The second-order valence-corrected chi connectivity index (χ2v) is 11.2. The molecule has 0 atom stereocenters. The largest absolute Gasteiger partial charge is 0.319 e. The van der Waals surface area contributed by atoms with Crippen LogP contribution in [0.4, 0.5) is 0 Å².